The Bertz CT molecular complexity index is 382. The third-order valence-electron chi connectivity index (χ3n) is 1.54. The van der Waals surface area contributed by atoms with Gasteiger partial charge in [0.25, 0.3) is 5.91 Å². The van der Waals surface area contributed by atoms with Gasteiger partial charge in [0, 0.05) is 19.5 Å². The SMILES string of the molecule is C=CCNC(=O)c1ccc(NC(C)=O)o1. The first-order valence-corrected chi connectivity index (χ1v) is 4.40. The molecule has 0 aliphatic rings. The van der Waals surface area contributed by atoms with Gasteiger partial charge in [0.1, 0.15) is 0 Å². The van der Waals surface area contributed by atoms with Crippen LogP contribution < -0.4 is 10.6 Å². The molecule has 0 saturated heterocycles. The molecule has 0 fully saturated rings. The van der Waals surface area contributed by atoms with Gasteiger partial charge in [-0.05, 0) is 6.07 Å². The molecule has 0 spiro atoms. The summed E-state index contributed by atoms with van der Waals surface area (Å²) in [6, 6.07) is 3.01. The number of hydrogen-bond donors (Lipinski definition) is 2. The lowest BCUT2D eigenvalue weighted by Gasteiger charge is -1.98. The Morgan fingerprint density at radius 3 is 2.87 bits per heavy atom. The van der Waals surface area contributed by atoms with E-state index in [1.54, 1.807) is 6.08 Å². The Kier molecular flexibility index (Phi) is 3.68. The fourth-order valence-electron chi connectivity index (χ4n) is 0.953. The summed E-state index contributed by atoms with van der Waals surface area (Å²) in [7, 11) is 0. The molecule has 0 atom stereocenters. The number of hydrogen-bond acceptors (Lipinski definition) is 3. The van der Waals surface area contributed by atoms with Crippen molar-refractivity contribution in [2.75, 3.05) is 11.9 Å². The van der Waals surface area contributed by atoms with Crippen molar-refractivity contribution in [1.29, 1.82) is 0 Å². The van der Waals surface area contributed by atoms with E-state index in [1.807, 2.05) is 0 Å². The van der Waals surface area contributed by atoms with Gasteiger partial charge < -0.3 is 9.73 Å². The largest absolute Gasteiger partial charge is 0.435 e. The van der Waals surface area contributed by atoms with Crippen LogP contribution in [0.5, 0.6) is 0 Å². The zero-order chi connectivity index (χ0) is 11.3. The van der Waals surface area contributed by atoms with E-state index in [4.69, 9.17) is 4.42 Å². The fraction of sp³-hybridized carbons (Fsp3) is 0.200. The number of carbonyl (C=O) groups is 2. The highest BCUT2D eigenvalue weighted by Crippen LogP contribution is 2.12. The van der Waals surface area contributed by atoms with Gasteiger partial charge in [-0.2, -0.15) is 0 Å². The van der Waals surface area contributed by atoms with E-state index in [9.17, 15) is 9.59 Å². The summed E-state index contributed by atoms with van der Waals surface area (Å²) in [5.74, 6) is -0.180. The van der Waals surface area contributed by atoms with Crippen LogP contribution in [0.3, 0.4) is 0 Å². The lowest BCUT2D eigenvalue weighted by molar-refractivity contribution is -0.114. The Morgan fingerprint density at radius 2 is 2.27 bits per heavy atom. The Morgan fingerprint density at radius 1 is 1.53 bits per heavy atom. The molecule has 0 bridgehead atoms. The molecule has 80 valence electrons. The summed E-state index contributed by atoms with van der Waals surface area (Å²) in [5, 5.41) is 4.98. The second-order valence-electron chi connectivity index (χ2n) is 2.84. The van der Waals surface area contributed by atoms with Crippen LogP contribution in [0.25, 0.3) is 0 Å². The molecule has 1 aromatic rings. The molecule has 1 heterocycles. The number of amides is 2. The monoisotopic (exact) mass is 208 g/mol. The zero-order valence-corrected chi connectivity index (χ0v) is 8.37. The summed E-state index contributed by atoms with van der Waals surface area (Å²) < 4.78 is 5.08. The van der Waals surface area contributed by atoms with Crippen molar-refractivity contribution in [3.05, 3.63) is 30.5 Å². The standard InChI is InChI=1S/C10H12N2O3/c1-3-6-11-10(14)8-4-5-9(15-8)12-7(2)13/h3-5H,1,6H2,2H3,(H,11,14)(H,12,13). The molecule has 15 heavy (non-hydrogen) atoms. The molecule has 0 aliphatic heterocycles. The summed E-state index contributed by atoms with van der Waals surface area (Å²) in [4.78, 5) is 22.0. The van der Waals surface area contributed by atoms with Gasteiger partial charge in [0.05, 0.1) is 0 Å². The average molecular weight is 208 g/mol. The van der Waals surface area contributed by atoms with Gasteiger partial charge in [-0.25, -0.2) is 0 Å². The molecule has 0 unspecified atom stereocenters. The van der Waals surface area contributed by atoms with E-state index in [2.05, 4.69) is 17.2 Å². The molecule has 0 saturated carbocycles. The number of rotatable bonds is 4. The Hall–Kier alpha value is -2.04. The Labute approximate surface area is 87.1 Å². The summed E-state index contributed by atoms with van der Waals surface area (Å²) >= 11 is 0. The molecule has 5 heteroatoms. The van der Waals surface area contributed by atoms with Crippen LogP contribution in [0, 0.1) is 0 Å². The lowest BCUT2D eigenvalue weighted by Crippen LogP contribution is -2.22. The van der Waals surface area contributed by atoms with E-state index in [1.165, 1.54) is 19.1 Å². The second-order valence-corrected chi connectivity index (χ2v) is 2.84. The smallest absolute Gasteiger partial charge is 0.287 e. The number of furan rings is 1. The number of carbonyl (C=O) groups excluding carboxylic acids is 2. The summed E-state index contributed by atoms with van der Waals surface area (Å²) in [5.41, 5.74) is 0. The second kappa shape index (κ2) is 4.99. The highest BCUT2D eigenvalue weighted by atomic mass is 16.4. The van der Waals surface area contributed by atoms with Crippen LogP contribution in [0.15, 0.2) is 29.2 Å². The van der Waals surface area contributed by atoms with E-state index in [-0.39, 0.29) is 23.5 Å². The maximum Gasteiger partial charge on any atom is 0.287 e. The quantitative estimate of drug-likeness (QED) is 0.729. The van der Waals surface area contributed by atoms with Crippen molar-refractivity contribution in [2.24, 2.45) is 0 Å². The zero-order valence-electron chi connectivity index (χ0n) is 8.37. The van der Waals surface area contributed by atoms with Crippen LogP contribution in [0.4, 0.5) is 5.88 Å². The lowest BCUT2D eigenvalue weighted by atomic mass is 10.4. The molecule has 2 amide bonds. The minimum absolute atomic E-state index is 0.153. The molecule has 1 aromatic heterocycles. The maximum absolute atomic E-state index is 11.3. The normalized spacial score (nSPS) is 9.40. The Balaban J connectivity index is 2.62. The first kappa shape index (κ1) is 11.0. The third kappa shape index (κ3) is 3.30. The first-order valence-electron chi connectivity index (χ1n) is 4.40. The van der Waals surface area contributed by atoms with Crippen LogP contribution in [-0.4, -0.2) is 18.4 Å². The maximum atomic E-state index is 11.3. The molecular weight excluding hydrogens is 196 g/mol. The molecule has 0 aromatic carbocycles. The van der Waals surface area contributed by atoms with Crippen LogP contribution in [0.2, 0.25) is 0 Å². The van der Waals surface area contributed by atoms with Gasteiger partial charge >= 0.3 is 0 Å². The minimum atomic E-state index is -0.341. The summed E-state index contributed by atoms with van der Waals surface area (Å²) in [6.45, 7) is 5.20. The highest BCUT2D eigenvalue weighted by molar-refractivity contribution is 5.93. The van der Waals surface area contributed by atoms with Gasteiger partial charge in [0.15, 0.2) is 11.6 Å². The third-order valence-corrected chi connectivity index (χ3v) is 1.54. The van der Waals surface area contributed by atoms with E-state index < -0.39 is 0 Å². The van der Waals surface area contributed by atoms with Gasteiger partial charge in [-0.3, -0.25) is 14.9 Å². The van der Waals surface area contributed by atoms with Crippen molar-refractivity contribution in [1.82, 2.24) is 5.32 Å². The topological polar surface area (TPSA) is 71.3 Å². The van der Waals surface area contributed by atoms with E-state index in [0.29, 0.717) is 6.54 Å². The van der Waals surface area contributed by atoms with Crippen molar-refractivity contribution < 1.29 is 14.0 Å². The van der Waals surface area contributed by atoms with Gasteiger partial charge in [-0.1, -0.05) is 6.08 Å². The van der Waals surface area contributed by atoms with E-state index >= 15 is 0 Å². The van der Waals surface area contributed by atoms with Crippen LogP contribution >= 0.6 is 0 Å². The molecule has 2 N–H and O–H groups in total. The number of anilines is 1. The molecule has 5 nitrogen and oxygen atoms in total. The number of nitrogens with one attached hydrogen (secondary N) is 2. The molecular formula is C10H12N2O3. The van der Waals surface area contributed by atoms with Crippen molar-refractivity contribution >= 4 is 17.7 Å². The van der Waals surface area contributed by atoms with Crippen LogP contribution in [-0.2, 0) is 4.79 Å². The van der Waals surface area contributed by atoms with Gasteiger partial charge in [-0.15, -0.1) is 6.58 Å². The van der Waals surface area contributed by atoms with Crippen molar-refractivity contribution in [3.8, 4) is 0 Å². The van der Waals surface area contributed by atoms with Crippen molar-refractivity contribution in [2.45, 2.75) is 6.92 Å². The average Bonchev–Trinajstić information content (AvgIpc) is 2.61. The molecule has 0 radical (unpaired) electrons. The van der Waals surface area contributed by atoms with Crippen LogP contribution in [0.1, 0.15) is 17.5 Å². The summed E-state index contributed by atoms with van der Waals surface area (Å²) in [6.07, 6.45) is 1.57. The predicted molar refractivity (Wildman–Crippen MR) is 55.5 cm³/mol. The van der Waals surface area contributed by atoms with E-state index in [0.717, 1.165) is 0 Å². The van der Waals surface area contributed by atoms with Gasteiger partial charge in [0.2, 0.25) is 5.91 Å². The fourth-order valence-corrected chi connectivity index (χ4v) is 0.953. The molecule has 0 aliphatic carbocycles. The minimum Gasteiger partial charge on any atom is -0.435 e. The molecule has 1 rings (SSSR count). The van der Waals surface area contributed by atoms with Crippen molar-refractivity contribution in [3.63, 3.8) is 0 Å². The highest BCUT2D eigenvalue weighted by Gasteiger charge is 2.10. The predicted octanol–water partition coefficient (Wildman–Crippen LogP) is 1.15. The first-order chi connectivity index (χ1) is 7.13.